The van der Waals surface area contributed by atoms with Gasteiger partial charge in [-0.1, -0.05) is 11.3 Å². The van der Waals surface area contributed by atoms with E-state index in [9.17, 15) is 14.9 Å². The van der Waals surface area contributed by atoms with Crippen molar-refractivity contribution in [3.8, 4) is 22.5 Å². The summed E-state index contributed by atoms with van der Waals surface area (Å²) >= 11 is 1.57. The lowest BCUT2D eigenvalue weighted by Crippen LogP contribution is -2.52. The van der Waals surface area contributed by atoms with Gasteiger partial charge in [0.1, 0.15) is 28.1 Å². The quantitative estimate of drug-likeness (QED) is 0.326. The second-order valence-corrected chi connectivity index (χ2v) is 13.6. The molecule has 0 aliphatic carbocycles. The molecule has 0 bridgehead atoms. The van der Waals surface area contributed by atoms with Crippen molar-refractivity contribution >= 4 is 40.1 Å². The number of nitriles is 1. The highest BCUT2D eigenvalue weighted by Gasteiger charge is 2.30. The predicted molar refractivity (Wildman–Crippen MR) is 175 cm³/mol. The van der Waals surface area contributed by atoms with Gasteiger partial charge in [0.25, 0.3) is 0 Å². The molecular formula is C32H38N10O3S. The molecule has 0 spiro atoms. The highest BCUT2D eigenvalue weighted by Crippen LogP contribution is 2.36. The Kier molecular flexibility index (Phi) is 8.88. The van der Waals surface area contributed by atoms with Crippen LogP contribution in [0.25, 0.3) is 27.4 Å². The van der Waals surface area contributed by atoms with Gasteiger partial charge in [-0.05, 0) is 45.7 Å². The number of ether oxygens (including phenoxy) is 1. The number of anilines is 1. The van der Waals surface area contributed by atoms with E-state index in [4.69, 9.17) is 9.72 Å². The van der Waals surface area contributed by atoms with E-state index < -0.39 is 5.60 Å². The Morgan fingerprint density at radius 1 is 1.04 bits per heavy atom. The number of hydrogen-bond acceptors (Lipinski definition) is 11. The molecule has 2 saturated heterocycles. The van der Waals surface area contributed by atoms with Crippen LogP contribution in [-0.4, -0.2) is 110 Å². The number of amides is 2. The Balaban J connectivity index is 1.04. The van der Waals surface area contributed by atoms with Crippen LogP contribution in [0.3, 0.4) is 0 Å². The van der Waals surface area contributed by atoms with Gasteiger partial charge in [-0.2, -0.15) is 5.26 Å². The number of piperidine rings is 1. The molecule has 2 amide bonds. The van der Waals surface area contributed by atoms with Crippen LogP contribution in [0.4, 0.5) is 10.5 Å². The molecule has 0 aromatic carbocycles. The molecule has 46 heavy (non-hydrogen) atoms. The topological polar surface area (TPSA) is 145 Å². The predicted octanol–water partition coefficient (Wildman–Crippen LogP) is 4.11. The van der Waals surface area contributed by atoms with Gasteiger partial charge < -0.3 is 19.9 Å². The second kappa shape index (κ2) is 13.0. The number of likely N-dealkylation sites (tertiary alicyclic amines) is 1. The minimum atomic E-state index is -0.519. The van der Waals surface area contributed by atoms with Crippen LogP contribution in [0, 0.1) is 11.3 Å². The van der Waals surface area contributed by atoms with Crippen molar-refractivity contribution in [3.05, 3.63) is 47.4 Å². The molecule has 0 radical (unpaired) electrons. The maximum atomic E-state index is 13.1. The number of nitrogens with zero attached hydrogens (tertiary/aromatic N) is 9. The molecule has 0 saturated carbocycles. The average Bonchev–Trinajstić information content (AvgIpc) is 3.72. The van der Waals surface area contributed by atoms with E-state index in [-0.39, 0.29) is 17.9 Å². The van der Waals surface area contributed by atoms with Crippen LogP contribution >= 0.6 is 11.3 Å². The summed E-state index contributed by atoms with van der Waals surface area (Å²) in [5.74, 6) is 1.07. The van der Waals surface area contributed by atoms with Crippen molar-refractivity contribution in [2.45, 2.75) is 45.1 Å². The van der Waals surface area contributed by atoms with Crippen molar-refractivity contribution in [1.82, 2.24) is 39.4 Å². The van der Waals surface area contributed by atoms with Crippen molar-refractivity contribution in [1.29, 1.82) is 5.26 Å². The maximum Gasteiger partial charge on any atom is 0.410 e. The van der Waals surface area contributed by atoms with Crippen molar-refractivity contribution in [2.24, 2.45) is 0 Å². The Bertz CT molecular complexity index is 1770. The Labute approximate surface area is 271 Å². The largest absolute Gasteiger partial charge is 0.444 e. The van der Waals surface area contributed by atoms with Gasteiger partial charge in [-0.3, -0.25) is 14.3 Å². The molecule has 14 heteroatoms. The molecule has 0 atom stereocenters. The molecule has 4 aromatic rings. The lowest BCUT2D eigenvalue weighted by molar-refractivity contribution is -0.133. The Morgan fingerprint density at radius 2 is 1.80 bits per heavy atom. The molecule has 2 fully saturated rings. The van der Waals surface area contributed by atoms with Crippen molar-refractivity contribution < 1.29 is 14.3 Å². The van der Waals surface area contributed by atoms with Gasteiger partial charge in [0.15, 0.2) is 5.01 Å². The van der Waals surface area contributed by atoms with Gasteiger partial charge in [0, 0.05) is 88.0 Å². The first-order valence-electron chi connectivity index (χ1n) is 15.5. The minimum absolute atomic E-state index is 0.128. The smallest absolute Gasteiger partial charge is 0.410 e. The van der Waals surface area contributed by atoms with Crippen molar-refractivity contribution in [3.63, 3.8) is 0 Å². The number of piperazine rings is 1. The lowest BCUT2D eigenvalue weighted by Gasteiger charge is -2.37. The summed E-state index contributed by atoms with van der Waals surface area (Å²) in [6.45, 7) is 9.74. The van der Waals surface area contributed by atoms with Gasteiger partial charge in [0.2, 0.25) is 5.91 Å². The minimum Gasteiger partial charge on any atom is -0.444 e. The third-order valence-corrected chi connectivity index (χ3v) is 9.43. The van der Waals surface area contributed by atoms with Gasteiger partial charge in [-0.15, -0.1) is 10.2 Å². The van der Waals surface area contributed by atoms with Gasteiger partial charge >= 0.3 is 6.09 Å². The first-order valence-corrected chi connectivity index (χ1v) is 16.3. The number of rotatable bonds is 6. The summed E-state index contributed by atoms with van der Waals surface area (Å²) in [5.41, 5.74) is 2.46. The number of carbonyl (C=O) groups is 2. The first kappa shape index (κ1) is 31.4. The first-order chi connectivity index (χ1) is 22.1. The summed E-state index contributed by atoms with van der Waals surface area (Å²) in [6, 6.07) is 7.81. The van der Waals surface area contributed by atoms with Crippen LogP contribution in [0.15, 0.2) is 36.8 Å². The fourth-order valence-electron chi connectivity index (χ4n) is 5.81. The number of carbonyl (C=O) groups excluding carboxylic acids is 2. The lowest BCUT2D eigenvalue weighted by atomic mass is 9.97. The SMILES string of the molecule is CNc1cc(-n2ccc3cc(C#N)cnc32)ncc1-c1nnc(C2CCN(C(=O)CN3CCN(C(=O)OC(C)(C)C)CC3)CC2)s1. The fourth-order valence-corrected chi connectivity index (χ4v) is 6.85. The second-order valence-electron chi connectivity index (χ2n) is 12.6. The van der Waals surface area contributed by atoms with Crippen LogP contribution in [0.5, 0.6) is 0 Å². The van der Waals surface area contributed by atoms with Gasteiger partial charge in [0.05, 0.1) is 17.7 Å². The molecule has 4 aromatic heterocycles. The molecule has 6 heterocycles. The standard InChI is InChI=1S/C32H38N10O3S/c1-32(2,3)45-31(44)41-13-11-39(12-14-41)20-27(43)40-8-5-22(6-9-40)29-37-38-30(46-29)24-19-35-26(16-25(24)34-4)42-10-7-23-15-21(17-33)18-36-28(23)42/h7,10,15-16,18-19,22H,5-6,8-9,11-14,20H2,1-4H3,(H,34,35). The van der Waals surface area contributed by atoms with E-state index in [0.717, 1.165) is 45.1 Å². The van der Waals surface area contributed by atoms with E-state index in [1.54, 1.807) is 28.6 Å². The zero-order valence-corrected chi connectivity index (χ0v) is 27.4. The summed E-state index contributed by atoms with van der Waals surface area (Å²) in [5, 5.41) is 24.1. The third-order valence-electron chi connectivity index (χ3n) is 8.31. The number of hydrogen-bond donors (Lipinski definition) is 1. The summed E-state index contributed by atoms with van der Waals surface area (Å²) < 4.78 is 7.37. The van der Waals surface area contributed by atoms with Crippen LogP contribution in [0.2, 0.25) is 0 Å². The van der Waals surface area contributed by atoms with E-state index in [1.165, 1.54) is 0 Å². The van der Waals surface area contributed by atoms with Crippen molar-refractivity contribution in [2.75, 3.05) is 58.2 Å². The van der Waals surface area contributed by atoms with Crippen LogP contribution < -0.4 is 5.32 Å². The fraction of sp³-hybridized carbons (Fsp3) is 0.469. The maximum absolute atomic E-state index is 13.1. The summed E-state index contributed by atoms with van der Waals surface area (Å²) in [6.07, 6.45) is 6.64. The van der Waals surface area contributed by atoms with Crippen LogP contribution in [-0.2, 0) is 9.53 Å². The number of aromatic nitrogens is 5. The zero-order chi connectivity index (χ0) is 32.4. The van der Waals surface area contributed by atoms with Crippen LogP contribution in [0.1, 0.15) is 50.1 Å². The number of nitrogens with one attached hydrogen (secondary N) is 1. The molecular weight excluding hydrogens is 604 g/mol. The van der Waals surface area contributed by atoms with E-state index in [1.807, 2.05) is 61.7 Å². The normalized spacial score (nSPS) is 16.4. The monoisotopic (exact) mass is 642 g/mol. The van der Waals surface area contributed by atoms with E-state index >= 15 is 0 Å². The third kappa shape index (κ3) is 6.80. The highest BCUT2D eigenvalue weighted by molar-refractivity contribution is 7.14. The van der Waals surface area contributed by atoms with E-state index in [2.05, 4.69) is 31.5 Å². The molecule has 240 valence electrons. The molecule has 2 aliphatic heterocycles. The number of pyridine rings is 2. The zero-order valence-electron chi connectivity index (χ0n) is 26.6. The molecule has 6 rings (SSSR count). The highest BCUT2D eigenvalue weighted by atomic mass is 32.1. The molecule has 2 aliphatic rings. The van der Waals surface area contributed by atoms with Gasteiger partial charge in [-0.25, -0.2) is 14.8 Å². The average molecular weight is 643 g/mol. The Morgan fingerprint density at radius 3 is 2.50 bits per heavy atom. The summed E-state index contributed by atoms with van der Waals surface area (Å²) in [7, 11) is 1.86. The summed E-state index contributed by atoms with van der Waals surface area (Å²) in [4.78, 5) is 40.4. The molecule has 0 unspecified atom stereocenters. The molecule has 1 N–H and O–H groups in total. The number of fused-ring (bicyclic) bond motifs is 1. The van der Waals surface area contributed by atoms with E-state index in [0.29, 0.717) is 57.2 Å². The molecule has 13 nitrogen and oxygen atoms in total. The Hall–Kier alpha value is -4.61.